The molecule has 0 bridgehead atoms. The van der Waals surface area contributed by atoms with Crippen LogP contribution >= 0.6 is 0 Å². The van der Waals surface area contributed by atoms with Crippen molar-refractivity contribution in [2.75, 3.05) is 6.54 Å². The van der Waals surface area contributed by atoms with E-state index in [4.69, 9.17) is 4.42 Å². The molecule has 0 aliphatic heterocycles. The summed E-state index contributed by atoms with van der Waals surface area (Å²) in [6.45, 7) is 15.8. The Kier molecular flexibility index (Phi) is 5.42. The van der Waals surface area contributed by atoms with E-state index >= 15 is 0 Å². The first-order valence-corrected chi connectivity index (χ1v) is 6.88. The van der Waals surface area contributed by atoms with Gasteiger partial charge in [0.25, 0.3) is 0 Å². The maximum atomic E-state index is 5.86. The Labute approximate surface area is 112 Å². The van der Waals surface area contributed by atoms with Crippen LogP contribution in [0.5, 0.6) is 0 Å². The van der Waals surface area contributed by atoms with Crippen molar-refractivity contribution in [1.29, 1.82) is 0 Å². The fraction of sp³-hybridized carbons (Fsp3) is 0.733. The molecule has 0 unspecified atom stereocenters. The Morgan fingerprint density at radius 1 is 1.22 bits per heavy atom. The molecular weight excluding hydrogens is 224 g/mol. The van der Waals surface area contributed by atoms with Gasteiger partial charge in [0.15, 0.2) is 0 Å². The predicted octanol–water partition coefficient (Wildman–Crippen LogP) is 3.40. The van der Waals surface area contributed by atoms with Gasteiger partial charge >= 0.3 is 0 Å². The van der Waals surface area contributed by atoms with Crippen molar-refractivity contribution in [1.82, 2.24) is 10.2 Å². The maximum absolute atomic E-state index is 5.86. The Bertz CT molecular complexity index is 350. The van der Waals surface area contributed by atoms with Gasteiger partial charge < -0.3 is 9.73 Å². The summed E-state index contributed by atoms with van der Waals surface area (Å²) in [5, 5.41) is 3.43. The number of rotatable bonds is 6. The van der Waals surface area contributed by atoms with E-state index in [1.165, 1.54) is 0 Å². The molecule has 0 aliphatic carbocycles. The third kappa shape index (κ3) is 5.23. The number of hydrogen-bond donors (Lipinski definition) is 1. The van der Waals surface area contributed by atoms with E-state index in [1.807, 2.05) is 0 Å². The van der Waals surface area contributed by atoms with Gasteiger partial charge in [-0.05, 0) is 53.3 Å². The molecule has 1 aromatic heterocycles. The minimum absolute atomic E-state index is 0.125. The Hall–Kier alpha value is -0.800. The molecule has 0 spiro atoms. The van der Waals surface area contributed by atoms with Crippen molar-refractivity contribution in [3.05, 3.63) is 23.7 Å². The molecule has 0 aliphatic rings. The van der Waals surface area contributed by atoms with Crippen molar-refractivity contribution in [2.24, 2.45) is 0 Å². The van der Waals surface area contributed by atoms with Crippen LogP contribution < -0.4 is 5.32 Å². The molecule has 18 heavy (non-hydrogen) atoms. The minimum Gasteiger partial charge on any atom is -0.463 e. The van der Waals surface area contributed by atoms with E-state index in [9.17, 15) is 0 Å². The van der Waals surface area contributed by atoms with Crippen molar-refractivity contribution < 1.29 is 4.42 Å². The van der Waals surface area contributed by atoms with Gasteiger partial charge in [-0.25, -0.2) is 0 Å². The second-order valence-electron chi connectivity index (χ2n) is 6.13. The van der Waals surface area contributed by atoms with E-state index < -0.39 is 0 Å². The van der Waals surface area contributed by atoms with Crippen LogP contribution in [-0.4, -0.2) is 23.0 Å². The third-order valence-electron chi connectivity index (χ3n) is 3.01. The Morgan fingerprint density at radius 2 is 1.83 bits per heavy atom. The van der Waals surface area contributed by atoms with Gasteiger partial charge in [-0.2, -0.15) is 0 Å². The summed E-state index contributed by atoms with van der Waals surface area (Å²) in [6, 6.07) is 4.71. The first kappa shape index (κ1) is 15.3. The summed E-state index contributed by atoms with van der Waals surface area (Å²) in [6.07, 6.45) is 0. The molecule has 0 aromatic carbocycles. The Balaban J connectivity index is 2.52. The van der Waals surface area contributed by atoms with Gasteiger partial charge in [0.2, 0.25) is 0 Å². The summed E-state index contributed by atoms with van der Waals surface area (Å²) in [7, 11) is 0. The van der Waals surface area contributed by atoms with E-state index in [-0.39, 0.29) is 5.54 Å². The second-order valence-corrected chi connectivity index (χ2v) is 6.13. The molecular formula is C15H28N2O. The molecule has 1 N–H and O–H groups in total. The van der Waals surface area contributed by atoms with E-state index in [0.717, 1.165) is 31.2 Å². The average Bonchev–Trinajstić information content (AvgIpc) is 2.69. The van der Waals surface area contributed by atoms with Crippen LogP contribution in [-0.2, 0) is 13.1 Å². The van der Waals surface area contributed by atoms with Crippen LogP contribution in [0.4, 0.5) is 0 Å². The lowest BCUT2D eigenvalue weighted by Gasteiger charge is -2.23. The van der Waals surface area contributed by atoms with Gasteiger partial charge in [0.1, 0.15) is 11.5 Å². The highest BCUT2D eigenvalue weighted by Gasteiger charge is 2.12. The van der Waals surface area contributed by atoms with E-state index in [0.29, 0.717) is 6.04 Å². The number of hydrogen-bond acceptors (Lipinski definition) is 3. The van der Waals surface area contributed by atoms with Crippen LogP contribution in [0.25, 0.3) is 0 Å². The SMILES string of the molecule is CCN(Cc1ccc(CNC(C)(C)C)o1)C(C)C. The summed E-state index contributed by atoms with van der Waals surface area (Å²) < 4.78 is 5.86. The molecule has 1 rings (SSSR count). The highest BCUT2D eigenvalue weighted by Crippen LogP contribution is 2.13. The minimum atomic E-state index is 0.125. The predicted molar refractivity (Wildman–Crippen MR) is 76.5 cm³/mol. The highest BCUT2D eigenvalue weighted by molar-refractivity contribution is 5.07. The van der Waals surface area contributed by atoms with Crippen molar-refractivity contribution in [3.8, 4) is 0 Å². The number of nitrogens with zero attached hydrogens (tertiary/aromatic N) is 1. The van der Waals surface area contributed by atoms with Crippen LogP contribution in [0.3, 0.4) is 0 Å². The molecule has 0 saturated heterocycles. The number of nitrogens with one attached hydrogen (secondary N) is 1. The van der Waals surface area contributed by atoms with Crippen molar-refractivity contribution in [2.45, 2.75) is 66.2 Å². The molecule has 0 atom stereocenters. The summed E-state index contributed by atoms with van der Waals surface area (Å²) in [5.74, 6) is 2.07. The quantitative estimate of drug-likeness (QED) is 0.841. The van der Waals surface area contributed by atoms with E-state index in [2.05, 4.69) is 63.9 Å². The third-order valence-corrected chi connectivity index (χ3v) is 3.01. The average molecular weight is 252 g/mol. The molecule has 0 fully saturated rings. The molecule has 1 aromatic rings. The van der Waals surface area contributed by atoms with E-state index in [1.54, 1.807) is 0 Å². The highest BCUT2D eigenvalue weighted by atomic mass is 16.3. The van der Waals surface area contributed by atoms with Crippen LogP contribution in [0, 0.1) is 0 Å². The smallest absolute Gasteiger partial charge is 0.118 e. The van der Waals surface area contributed by atoms with Crippen LogP contribution in [0.1, 0.15) is 53.1 Å². The summed E-state index contributed by atoms with van der Waals surface area (Å²) >= 11 is 0. The first-order chi connectivity index (χ1) is 8.31. The molecule has 0 saturated carbocycles. The monoisotopic (exact) mass is 252 g/mol. The van der Waals surface area contributed by atoms with Gasteiger partial charge in [-0.1, -0.05) is 6.92 Å². The topological polar surface area (TPSA) is 28.4 Å². The molecule has 0 radical (unpaired) electrons. The first-order valence-electron chi connectivity index (χ1n) is 6.88. The standard InChI is InChI=1S/C15H28N2O/c1-7-17(12(2)3)11-14-9-8-13(18-14)10-16-15(4,5)6/h8-9,12,16H,7,10-11H2,1-6H3. The lowest BCUT2D eigenvalue weighted by atomic mass is 10.1. The zero-order chi connectivity index (χ0) is 13.8. The summed E-state index contributed by atoms with van der Waals surface area (Å²) in [4.78, 5) is 2.39. The zero-order valence-electron chi connectivity index (χ0n) is 12.7. The fourth-order valence-electron chi connectivity index (χ4n) is 1.81. The Morgan fingerprint density at radius 3 is 2.33 bits per heavy atom. The molecule has 3 nitrogen and oxygen atoms in total. The number of furan rings is 1. The lowest BCUT2D eigenvalue weighted by Crippen LogP contribution is -2.34. The van der Waals surface area contributed by atoms with Gasteiger partial charge in [-0.3, -0.25) is 4.90 Å². The van der Waals surface area contributed by atoms with Crippen molar-refractivity contribution in [3.63, 3.8) is 0 Å². The normalized spacial score (nSPS) is 12.7. The molecule has 104 valence electrons. The van der Waals surface area contributed by atoms with Crippen LogP contribution in [0.15, 0.2) is 16.5 Å². The fourth-order valence-corrected chi connectivity index (χ4v) is 1.81. The van der Waals surface area contributed by atoms with Crippen LogP contribution in [0.2, 0.25) is 0 Å². The van der Waals surface area contributed by atoms with Crippen molar-refractivity contribution >= 4 is 0 Å². The lowest BCUT2D eigenvalue weighted by molar-refractivity contribution is 0.205. The second kappa shape index (κ2) is 6.39. The molecule has 3 heteroatoms. The van der Waals surface area contributed by atoms with Gasteiger partial charge in [0.05, 0.1) is 13.1 Å². The molecule has 1 heterocycles. The summed E-state index contributed by atoms with van der Waals surface area (Å²) in [5.41, 5.74) is 0.125. The molecule has 0 amide bonds. The van der Waals surface area contributed by atoms with Gasteiger partial charge in [-0.15, -0.1) is 0 Å². The largest absolute Gasteiger partial charge is 0.463 e. The zero-order valence-corrected chi connectivity index (χ0v) is 12.7. The van der Waals surface area contributed by atoms with Gasteiger partial charge in [0, 0.05) is 11.6 Å². The maximum Gasteiger partial charge on any atom is 0.118 e.